The number of nitrogens with zero attached hydrogens (tertiary/aromatic N) is 3. The predicted molar refractivity (Wildman–Crippen MR) is 57.4 cm³/mol. The summed E-state index contributed by atoms with van der Waals surface area (Å²) in [6.45, 7) is 0. The smallest absolute Gasteiger partial charge is 0.260 e. The van der Waals surface area contributed by atoms with Crippen LogP contribution in [0.2, 0.25) is 0 Å². The lowest BCUT2D eigenvalue weighted by molar-refractivity contribution is 0.102. The van der Waals surface area contributed by atoms with E-state index in [0.717, 1.165) is 0 Å². The van der Waals surface area contributed by atoms with E-state index >= 15 is 0 Å². The normalized spacial score (nSPS) is 10.3. The highest BCUT2D eigenvalue weighted by Crippen LogP contribution is 2.16. The van der Waals surface area contributed by atoms with E-state index in [0.29, 0.717) is 15.9 Å². The molecule has 0 unspecified atom stereocenters. The van der Waals surface area contributed by atoms with E-state index in [1.165, 1.54) is 12.4 Å². The average Bonchev–Trinajstić information content (AvgIpc) is 2.79. The monoisotopic (exact) mass is 269 g/mol. The lowest BCUT2D eigenvalue weighted by Gasteiger charge is -1.99. The van der Waals surface area contributed by atoms with Gasteiger partial charge in [0.05, 0.1) is 23.6 Å². The third-order valence-electron chi connectivity index (χ3n) is 1.87. The SMILES string of the molecule is Cn1ncc(C(=O)Nc2cn[nH]c2)c1Br. The first kappa shape index (κ1) is 9.91. The summed E-state index contributed by atoms with van der Waals surface area (Å²) in [5, 5.41) is 13.0. The van der Waals surface area contributed by atoms with Crippen LogP contribution in [-0.2, 0) is 7.05 Å². The highest BCUT2D eigenvalue weighted by atomic mass is 79.9. The molecule has 2 heterocycles. The predicted octanol–water partition coefficient (Wildman–Crippen LogP) is 1.16. The second-order valence-corrected chi connectivity index (χ2v) is 3.66. The zero-order chi connectivity index (χ0) is 10.8. The Labute approximate surface area is 93.8 Å². The molecule has 0 atom stereocenters. The Morgan fingerprint density at radius 3 is 2.93 bits per heavy atom. The molecule has 0 spiro atoms. The number of anilines is 1. The van der Waals surface area contributed by atoms with Crippen molar-refractivity contribution in [2.45, 2.75) is 0 Å². The van der Waals surface area contributed by atoms with Crippen LogP contribution in [0.5, 0.6) is 0 Å². The molecule has 6 nitrogen and oxygen atoms in total. The van der Waals surface area contributed by atoms with Crippen molar-refractivity contribution in [3.63, 3.8) is 0 Å². The van der Waals surface area contributed by atoms with Crippen LogP contribution in [0.25, 0.3) is 0 Å². The van der Waals surface area contributed by atoms with Crippen molar-refractivity contribution in [3.8, 4) is 0 Å². The second kappa shape index (κ2) is 3.85. The maximum absolute atomic E-state index is 11.7. The lowest BCUT2D eigenvalue weighted by atomic mass is 10.3. The van der Waals surface area contributed by atoms with Crippen LogP contribution in [0.3, 0.4) is 0 Å². The van der Waals surface area contributed by atoms with Crippen LogP contribution in [0.1, 0.15) is 10.4 Å². The highest BCUT2D eigenvalue weighted by molar-refractivity contribution is 9.10. The van der Waals surface area contributed by atoms with Crippen LogP contribution < -0.4 is 5.32 Å². The van der Waals surface area contributed by atoms with E-state index < -0.39 is 0 Å². The van der Waals surface area contributed by atoms with E-state index in [2.05, 4.69) is 36.5 Å². The largest absolute Gasteiger partial charge is 0.319 e. The molecule has 0 aliphatic rings. The summed E-state index contributed by atoms with van der Waals surface area (Å²) in [5.41, 5.74) is 1.11. The first-order valence-corrected chi connectivity index (χ1v) is 4.95. The van der Waals surface area contributed by atoms with Gasteiger partial charge in [0, 0.05) is 13.2 Å². The Balaban J connectivity index is 2.19. The van der Waals surface area contributed by atoms with Crippen LogP contribution in [0.15, 0.2) is 23.2 Å². The maximum atomic E-state index is 11.7. The summed E-state index contributed by atoms with van der Waals surface area (Å²) >= 11 is 3.27. The quantitative estimate of drug-likeness (QED) is 0.859. The summed E-state index contributed by atoms with van der Waals surface area (Å²) in [4.78, 5) is 11.7. The molecular formula is C8H8BrN5O. The highest BCUT2D eigenvalue weighted by Gasteiger charge is 2.14. The average molecular weight is 270 g/mol. The van der Waals surface area contributed by atoms with Crippen LogP contribution >= 0.6 is 15.9 Å². The van der Waals surface area contributed by atoms with Crippen LogP contribution in [-0.4, -0.2) is 25.9 Å². The third-order valence-corrected chi connectivity index (χ3v) is 2.81. The fourth-order valence-electron chi connectivity index (χ4n) is 1.09. The van der Waals surface area contributed by atoms with Crippen molar-refractivity contribution in [2.75, 3.05) is 5.32 Å². The molecule has 0 bridgehead atoms. The summed E-state index contributed by atoms with van der Waals surface area (Å²) in [6.07, 6.45) is 4.63. The molecule has 0 aromatic carbocycles. The molecule has 0 aliphatic heterocycles. The van der Waals surface area contributed by atoms with Gasteiger partial charge in [0.25, 0.3) is 5.91 Å². The van der Waals surface area contributed by atoms with Gasteiger partial charge in [0.15, 0.2) is 0 Å². The number of aryl methyl sites for hydroxylation is 1. The molecule has 0 fully saturated rings. The summed E-state index contributed by atoms with van der Waals surface area (Å²) in [7, 11) is 1.75. The molecule has 15 heavy (non-hydrogen) atoms. The van der Waals surface area contributed by atoms with Gasteiger partial charge >= 0.3 is 0 Å². The maximum Gasteiger partial charge on any atom is 0.260 e. The summed E-state index contributed by atoms with van der Waals surface area (Å²) < 4.78 is 2.22. The molecule has 2 rings (SSSR count). The molecular weight excluding hydrogens is 262 g/mol. The van der Waals surface area contributed by atoms with Gasteiger partial charge in [-0.3, -0.25) is 14.6 Å². The van der Waals surface area contributed by atoms with Crippen LogP contribution in [0.4, 0.5) is 5.69 Å². The van der Waals surface area contributed by atoms with Crippen molar-refractivity contribution in [3.05, 3.63) is 28.8 Å². The van der Waals surface area contributed by atoms with Crippen molar-refractivity contribution >= 4 is 27.5 Å². The summed E-state index contributed by atoms with van der Waals surface area (Å²) in [5.74, 6) is -0.226. The molecule has 78 valence electrons. The molecule has 0 radical (unpaired) electrons. The van der Waals surface area contributed by atoms with E-state index in [4.69, 9.17) is 0 Å². The van der Waals surface area contributed by atoms with E-state index in [-0.39, 0.29) is 5.91 Å². The van der Waals surface area contributed by atoms with Gasteiger partial charge in [-0.2, -0.15) is 10.2 Å². The minimum absolute atomic E-state index is 0.226. The number of H-pyrrole nitrogens is 1. The molecule has 2 aromatic heterocycles. The van der Waals surface area contributed by atoms with E-state index in [9.17, 15) is 4.79 Å². The van der Waals surface area contributed by atoms with Crippen molar-refractivity contribution in [2.24, 2.45) is 7.05 Å². The third kappa shape index (κ3) is 1.91. The van der Waals surface area contributed by atoms with Gasteiger partial charge in [-0.1, -0.05) is 0 Å². The Kier molecular flexibility index (Phi) is 2.55. The minimum atomic E-state index is -0.226. The van der Waals surface area contributed by atoms with Gasteiger partial charge < -0.3 is 5.32 Å². The number of carbonyl (C=O) groups excluding carboxylic acids is 1. The number of nitrogens with one attached hydrogen (secondary N) is 2. The van der Waals surface area contributed by atoms with Gasteiger partial charge in [0.1, 0.15) is 4.60 Å². The first-order chi connectivity index (χ1) is 7.18. The zero-order valence-corrected chi connectivity index (χ0v) is 9.45. The number of hydrogen-bond acceptors (Lipinski definition) is 3. The minimum Gasteiger partial charge on any atom is -0.319 e. The molecule has 2 N–H and O–H groups in total. The zero-order valence-electron chi connectivity index (χ0n) is 7.86. The molecule has 7 heteroatoms. The summed E-state index contributed by atoms with van der Waals surface area (Å²) in [6, 6.07) is 0. The Bertz CT molecular complexity index is 475. The molecule has 0 aliphatic carbocycles. The molecule has 0 saturated heterocycles. The number of amides is 1. The number of halogens is 1. The Morgan fingerprint density at radius 1 is 1.60 bits per heavy atom. The van der Waals surface area contributed by atoms with Gasteiger partial charge in [0.2, 0.25) is 0 Å². The molecule has 2 aromatic rings. The molecule has 1 amide bonds. The number of carbonyl (C=O) groups is 1. The number of rotatable bonds is 2. The standard InChI is InChI=1S/C8H8BrN5O/c1-14-7(9)6(4-12-14)8(15)13-5-2-10-11-3-5/h2-4H,1H3,(H,10,11)(H,13,15). The second-order valence-electron chi connectivity index (χ2n) is 2.91. The number of hydrogen-bond donors (Lipinski definition) is 2. The van der Waals surface area contributed by atoms with E-state index in [1.807, 2.05) is 0 Å². The first-order valence-electron chi connectivity index (χ1n) is 4.16. The fraction of sp³-hybridized carbons (Fsp3) is 0.125. The van der Waals surface area contributed by atoms with Crippen molar-refractivity contribution in [1.29, 1.82) is 0 Å². The van der Waals surface area contributed by atoms with Gasteiger partial charge in [-0.15, -0.1) is 0 Å². The van der Waals surface area contributed by atoms with Gasteiger partial charge in [-0.25, -0.2) is 0 Å². The molecule has 0 saturated carbocycles. The fourth-order valence-corrected chi connectivity index (χ4v) is 1.47. The number of aromatic amines is 1. The van der Waals surface area contributed by atoms with Crippen molar-refractivity contribution in [1.82, 2.24) is 20.0 Å². The van der Waals surface area contributed by atoms with Gasteiger partial charge in [-0.05, 0) is 15.9 Å². The Hall–Kier alpha value is -1.63. The topological polar surface area (TPSA) is 75.6 Å². The van der Waals surface area contributed by atoms with Crippen LogP contribution in [0, 0.1) is 0 Å². The number of aromatic nitrogens is 4. The van der Waals surface area contributed by atoms with Crippen molar-refractivity contribution < 1.29 is 4.79 Å². The lowest BCUT2D eigenvalue weighted by Crippen LogP contribution is -2.11. The van der Waals surface area contributed by atoms with E-state index in [1.54, 1.807) is 17.9 Å². The Morgan fingerprint density at radius 2 is 2.40 bits per heavy atom.